The van der Waals surface area contributed by atoms with E-state index in [0.29, 0.717) is 17.8 Å². The van der Waals surface area contributed by atoms with Crippen LogP contribution in [0.15, 0.2) is 18.2 Å². The fourth-order valence-corrected chi connectivity index (χ4v) is 4.33. The lowest BCUT2D eigenvalue weighted by molar-refractivity contribution is 0.0101. The molecule has 2 aliphatic rings. The molecule has 1 aliphatic heterocycles. The van der Waals surface area contributed by atoms with Crippen LogP contribution in [0, 0.1) is 11.8 Å². The largest absolute Gasteiger partial charge is 0.381 e. The summed E-state index contributed by atoms with van der Waals surface area (Å²) < 4.78 is 11.5. The third-order valence-electron chi connectivity index (χ3n) is 6.00. The lowest BCUT2D eigenvalue weighted by atomic mass is 9.82. The molecule has 2 atom stereocenters. The zero-order valence-corrected chi connectivity index (χ0v) is 15.8. The molecular formula is C22H35NO2. The van der Waals surface area contributed by atoms with E-state index in [4.69, 9.17) is 15.2 Å². The van der Waals surface area contributed by atoms with E-state index in [-0.39, 0.29) is 0 Å². The summed E-state index contributed by atoms with van der Waals surface area (Å²) >= 11 is 0. The van der Waals surface area contributed by atoms with E-state index >= 15 is 0 Å². The molecule has 2 unspecified atom stereocenters. The van der Waals surface area contributed by atoms with Gasteiger partial charge < -0.3 is 15.2 Å². The average Bonchev–Trinajstić information content (AvgIpc) is 2.66. The predicted molar refractivity (Wildman–Crippen MR) is 103 cm³/mol. The van der Waals surface area contributed by atoms with Crippen molar-refractivity contribution in [2.75, 3.05) is 33.0 Å². The Hall–Kier alpha value is -0.900. The third-order valence-corrected chi connectivity index (χ3v) is 6.00. The minimum Gasteiger partial charge on any atom is -0.381 e. The second kappa shape index (κ2) is 9.70. The molecule has 2 N–H and O–H groups in total. The summed E-state index contributed by atoms with van der Waals surface area (Å²) in [4.78, 5) is 0. The number of hydrogen-bond acceptors (Lipinski definition) is 3. The number of aryl methyl sites for hydroxylation is 1. The lowest BCUT2D eigenvalue weighted by Crippen LogP contribution is -2.24. The molecular weight excluding hydrogens is 310 g/mol. The maximum atomic E-state index is 6.07. The summed E-state index contributed by atoms with van der Waals surface area (Å²) in [6.07, 6.45) is 8.34. The molecule has 0 aromatic heterocycles. The Bertz CT molecular complexity index is 525. The van der Waals surface area contributed by atoms with E-state index in [1.54, 1.807) is 5.56 Å². The molecule has 1 fully saturated rings. The first-order valence-corrected chi connectivity index (χ1v) is 10.3. The van der Waals surface area contributed by atoms with Gasteiger partial charge in [0.15, 0.2) is 0 Å². The molecule has 0 bridgehead atoms. The van der Waals surface area contributed by atoms with Gasteiger partial charge in [-0.1, -0.05) is 31.5 Å². The summed E-state index contributed by atoms with van der Waals surface area (Å²) in [6.45, 7) is 6.66. The van der Waals surface area contributed by atoms with E-state index in [0.717, 1.165) is 45.8 Å². The molecule has 0 radical (unpaired) electrons. The third kappa shape index (κ3) is 5.29. The standard InChI is InChI=1S/C22H35NO2/c1-2-3-22(14-23)21-7-6-19-12-18(4-5-20(19)13-21)16-25-15-17-8-10-24-11-9-17/h6-7,13,17-18,22H,2-5,8-12,14-16,23H2,1H3. The Balaban J connectivity index is 1.49. The molecule has 1 heterocycles. The number of rotatable bonds is 8. The Morgan fingerprint density at radius 1 is 1.12 bits per heavy atom. The van der Waals surface area contributed by atoms with Crippen molar-refractivity contribution in [3.63, 3.8) is 0 Å². The van der Waals surface area contributed by atoms with Crippen LogP contribution in [0.3, 0.4) is 0 Å². The number of benzene rings is 1. The monoisotopic (exact) mass is 345 g/mol. The molecule has 1 aliphatic carbocycles. The minimum absolute atomic E-state index is 0.524. The summed E-state index contributed by atoms with van der Waals surface area (Å²) in [7, 11) is 0. The van der Waals surface area contributed by atoms with E-state index in [2.05, 4.69) is 25.1 Å². The highest BCUT2D eigenvalue weighted by atomic mass is 16.5. The van der Waals surface area contributed by atoms with Crippen molar-refractivity contribution in [3.05, 3.63) is 34.9 Å². The smallest absolute Gasteiger partial charge is 0.0497 e. The van der Waals surface area contributed by atoms with Gasteiger partial charge in [0.2, 0.25) is 0 Å². The zero-order chi connectivity index (χ0) is 17.5. The van der Waals surface area contributed by atoms with Crippen LogP contribution in [0.1, 0.15) is 61.6 Å². The van der Waals surface area contributed by atoms with Crippen molar-refractivity contribution in [3.8, 4) is 0 Å². The fourth-order valence-electron chi connectivity index (χ4n) is 4.33. The first-order valence-electron chi connectivity index (χ1n) is 10.3. The second-order valence-corrected chi connectivity index (χ2v) is 7.95. The SMILES string of the molecule is CCCC(CN)c1ccc2c(c1)CCC(COCC1CCOCC1)C2. The second-order valence-electron chi connectivity index (χ2n) is 7.95. The molecule has 0 spiro atoms. The molecule has 0 saturated carbocycles. The van der Waals surface area contributed by atoms with Crippen LogP contribution in [0.2, 0.25) is 0 Å². The quantitative estimate of drug-likeness (QED) is 0.772. The fraction of sp³-hybridized carbons (Fsp3) is 0.727. The molecule has 3 rings (SSSR count). The molecule has 140 valence electrons. The maximum absolute atomic E-state index is 6.07. The Morgan fingerprint density at radius 2 is 1.92 bits per heavy atom. The van der Waals surface area contributed by atoms with Gasteiger partial charge in [0, 0.05) is 26.4 Å². The van der Waals surface area contributed by atoms with Crippen LogP contribution in [0.5, 0.6) is 0 Å². The molecule has 25 heavy (non-hydrogen) atoms. The molecule has 3 heteroatoms. The predicted octanol–water partition coefficient (Wildman–Crippen LogP) is 4.08. The van der Waals surface area contributed by atoms with Crippen molar-refractivity contribution in [2.45, 2.75) is 57.8 Å². The highest BCUT2D eigenvalue weighted by Gasteiger charge is 2.21. The van der Waals surface area contributed by atoms with Crippen molar-refractivity contribution < 1.29 is 9.47 Å². The van der Waals surface area contributed by atoms with Gasteiger partial charge in [0.1, 0.15) is 0 Å². The van der Waals surface area contributed by atoms with Crippen molar-refractivity contribution in [1.82, 2.24) is 0 Å². The molecule has 0 amide bonds. The Labute approximate surface area is 153 Å². The summed E-state index contributed by atoms with van der Waals surface area (Å²) in [6, 6.07) is 7.10. The molecule has 3 nitrogen and oxygen atoms in total. The molecule has 1 saturated heterocycles. The van der Waals surface area contributed by atoms with Gasteiger partial charge in [0.25, 0.3) is 0 Å². The summed E-state index contributed by atoms with van der Waals surface area (Å²) in [5.74, 6) is 1.91. The normalized spacial score (nSPS) is 22.6. The van der Waals surface area contributed by atoms with Gasteiger partial charge in [-0.05, 0) is 79.5 Å². The average molecular weight is 346 g/mol. The van der Waals surface area contributed by atoms with Crippen molar-refractivity contribution >= 4 is 0 Å². The van der Waals surface area contributed by atoms with Gasteiger partial charge >= 0.3 is 0 Å². The Kier molecular flexibility index (Phi) is 7.33. The highest BCUT2D eigenvalue weighted by molar-refractivity contribution is 5.36. The molecule has 1 aromatic carbocycles. The summed E-state index contributed by atoms with van der Waals surface area (Å²) in [5.41, 5.74) is 10.5. The number of nitrogens with two attached hydrogens (primary N) is 1. The number of fused-ring (bicyclic) bond motifs is 1. The zero-order valence-electron chi connectivity index (χ0n) is 15.8. The first-order chi connectivity index (χ1) is 12.3. The van der Waals surface area contributed by atoms with Gasteiger partial charge in [-0.3, -0.25) is 0 Å². The van der Waals surface area contributed by atoms with Crippen LogP contribution in [0.25, 0.3) is 0 Å². The van der Waals surface area contributed by atoms with Crippen LogP contribution < -0.4 is 5.73 Å². The van der Waals surface area contributed by atoms with Gasteiger partial charge in [0.05, 0.1) is 0 Å². The number of hydrogen-bond donors (Lipinski definition) is 1. The van der Waals surface area contributed by atoms with Crippen molar-refractivity contribution in [2.24, 2.45) is 17.6 Å². The van der Waals surface area contributed by atoms with Crippen LogP contribution in [-0.2, 0) is 22.3 Å². The van der Waals surface area contributed by atoms with Gasteiger partial charge in [-0.25, -0.2) is 0 Å². The van der Waals surface area contributed by atoms with E-state index in [1.807, 2.05) is 0 Å². The Morgan fingerprint density at radius 3 is 2.68 bits per heavy atom. The maximum Gasteiger partial charge on any atom is 0.0497 e. The molecule has 1 aromatic rings. The minimum atomic E-state index is 0.524. The van der Waals surface area contributed by atoms with Crippen LogP contribution >= 0.6 is 0 Å². The van der Waals surface area contributed by atoms with E-state index in [9.17, 15) is 0 Å². The van der Waals surface area contributed by atoms with Gasteiger partial charge in [-0.2, -0.15) is 0 Å². The van der Waals surface area contributed by atoms with Crippen LogP contribution in [-0.4, -0.2) is 33.0 Å². The highest BCUT2D eigenvalue weighted by Crippen LogP contribution is 2.30. The van der Waals surface area contributed by atoms with Crippen molar-refractivity contribution in [1.29, 1.82) is 0 Å². The van der Waals surface area contributed by atoms with E-state index < -0.39 is 0 Å². The topological polar surface area (TPSA) is 44.5 Å². The van der Waals surface area contributed by atoms with Gasteiger partial charge in [-0.15, -0.1) is 0 Å². The van der Waals surface area contributed by atoms with Crippen LogP contribution in [0.4, 0.5) is 0 Å². The lowest BCUT2D eigenvalue weighted by Gasteiger charge is -2.27. The van der Waals surface area contributed by atoms with E-state index in [1.165, 1.54) is 43.2 Å². The number of ether oxygens (including phenoxy) is 2. The summed E-state index contributed by atoms with van der Waals surface area (Å²) in [5, 5.41) is 0. The first kappa shape index (κ1) is 18.9.